The number of nitrogens with two attached hydrogens (primary N) is 1. The van der Waals surface area contributed by atoms with Crippen molar-refractivity contribution in [3.8, 4) is 17.1 Å². The average Bonchev–Trinajstić information content (AvgIpc) is 2.97. The highest BCUT2D eigenvalue weighted by Gasteiger charge is 2.16. The number of phenols is 1. The highest BCUT2D eigenvalue weighted by atomic mass is 35.5. The van der Waals surface area contributed by atoms with Crippen LogP contribution in [0.4, 0.5) is 0 Å². The molecule has 3 rings (SSSR count). The molecule has 6 heteroatoms. The van der Waals surface area contributed by atoms with E-state index in [1.54, 1.807) is 30.3 Å². The van der Waals surface area contributed by atoms with Gasteiger partial charge in [-0.3, -0.25) is 5.10 Å². The van der Waals surface area contributed by atoms with Crippen molar-refractivity contribution in [1.29, 1.82) is 0 Å². The molecule has 0 radical (unpaired) electrons. The largest absolute Gasteiger partial charge is 0.507 e. The molecular weight excluding hydrogens is 288 g/mol. The van der Waals surface area contributed by atoms with Crippen LogP contribution in [0.25, 0.3) is 11.4 Å². The number of hydrogen-bond acceptors (Lipinski definition) is 4. The summed E-state index contributed by atoms with van der Waals surface area (Å²) >= 11 is 5.86. The van der Waals surface area contributed by atoms with Gasteiger partial charge in [0.15, 0.2) is 5.82 Å². The molecule has 3 aromatic rings. The SMILES string of the molecule is N[C@H](c1ccc(Cl)cc1)c1nc(-c2ccccc2O)n[nH]1. The van der Waals surface area contributed by atoms with Crippen molar-refractivity contribution in [3.63, 3.8) is 0 Å². The third-order valence-corrected chi connectivity index (χ3v) is 3.42. The molecule has 4 N–H and O–H groups in total. The van der Waals surface area contributed by atoms with Gasteiger partial charge in [-0.2, -0.15) is 5.10 Å². The standard InChI is InChI=1S/C15H13ClN4O/c16-10-7-5-9(6-8-10)13(17)15-18-14(19-20-15)11-3-1-2-4-12(11)21/h1-8,13,21H,17H2,(H,18,19,20)/t13-/m1/s1. The van der Waals surface area contributed by atoms with Crippen molar-refractivity contribution in [2.24, 2.45) is 5.73 Å². The molecule has 0 amide bonds. The molecule has 0 aliphatic heterocycles. The fourth-order valence-electron chi connectivity index (χ4n) is 2.02. The molecule has 0 spiro atoms. The van der Waals surface area contributed by atoms with Gasteiger partial charge in [0.1, 0.15) is 11.6 Å². The minimum absolute atomic E-state index is 0.128. The summed E-state index contributed by atoms with van der Waals surface area (Å²) < 4.78 is 0. The van der Waals surface area contributed by atoms with Gasteiger partial charge < -0.3 is 10.8 Å². The molecule has 0 saturated heterocycles. The lowest BCUT2D eigenvalue weighted by molar-refractivity contribution is 0.477. The predicted molar refractivity (Wildman–Crippen MR) is 81.0 cm³/mol. The molecule has 2 aromatic carbocycles. The Labute approximate surface area is 126 Å². The third kappa shape index (κ3) is 2.74. The molecule has 106 valence electrons. The maximum absolute atomic E-state index is 9.82. The van der Waals surface area contributed by atoms with Crippen LogP contribution in [-0.4, -0.2) is 20.3 Å². The summed E-state index contributed by atoms with van der Waals surface area (Å²) in [4.78, 5) is 4.36. The first-order valence-electron chi connectivity index (χ1n) is 6.37. The molecule has 1 heterocycles. The minimum Gasteiger partial charge on any atom is -0.507 e. The number of phenolic OH excluding ortho intramolecular Hbond substituents is 1. The first-order chi connectivity index (χ1) is 10.1. The van der Waals surface area contributed by atoms with Gasteiger partial charge in [-0.25, -0.2) is 4.98 Å². The number of para-hydroxylation sites is 1. The highest BCUT2D eigenvalue weighted by molar-refractivity contribution is 6.30. The molecule has 0 bridgehead atoms. The van der Waals surface area contributed by atoms with Crippen LogP contribution in [0, 0.1) is 0 Å². The van der Waals surface area contributed by atoms with Gasteiger partial charge in [-0.15, -0.1) is 0 Å². The maximum Gasteiger partial charge on any atom is 0.184 e. The Morgan fingerprint density at radius 1 is 1.10 bits per heavy atom. The normalized spacial score (nSPS) is 12.3. The predicted octanol–water partition coefficient (Wildman–Crippen LogP) is 2.88. The highest BCUT2D eigenvalue weighted by Crippen LogP contribution is 2.27. The van der Waals surface area contributed by atoms with Crippen LogP contribution in [0.3, 0.4) is 0 Å². The number of aromatic amines is 1. The summed E-state index contributed by atoms with van der Waals surface area (Å²) in [5.74, 6) is 1.06. The number of benzene rings is 2. The Morgan fingerprint density at radius 3 is 2.52 bits per heavy atom. The topological polar surface area (TPSA) is 87.8 Å². The summed E-state index contributed by atoms with van der Waals surface area (Å²) in [7, 11) is 0. The number of aromatic nitrogens is 3. The van der Waals surface area contributed by atoms with E-state index in [1.807, 2.05) is 18.2 Å². The zero-order chi connectivity index (χ0) is 14.8. The Balaban J connectivity index is 1.91. The lowest BCUT2D eigenvalue weighted by atomic mass is 10.1. The second kappa shape index (κ2) is 5.55. The van der Waals surface area contributed by atoms with E-state index in [2.05, 4.69) is 15.2 Å². The van der Waals surface area contributed by atoms with E-state index in [-0.39, 0.29) is 5.75 Å². The lowest BCUT2D eigenvalue weighted by Gasteiger charge is -2.08. The van der Waals surface area contributed by atoms with Crippen LogP contribution in [0.5, 0.6) is 5.75 Å². The fraction of sp³-hybridized carbons (Fsp3) is 0.0667. The Hall–Kier alpha value is -2.37. The molecule has 0 aliphatic carbocycles. The van der Waals surface area contributed by atoms with Crippen molar-refractivity contribution in [2.45, 2.75) is 6.04 Å². The maximum atomic E-state index is 9.82. The van der Waals surface area contributed by atoms with Gasteiger partial charge in [0.2, 0.25) is 0 Å². The van der Waals surface area contributed by atoms with Gasteiger partial charge >= 0.3 is 0 Å². The van der Waals surface area contributed by atoms with E-state index in [4.69, 9.17) is 17.3 Å². The van der Waals surface area contributed by atoms with E-state index in [1.165, 1.54) is 0 Å². The number of nitrogens with one attached hydrogen (secondary N) is 1. The zero-order valence-electron chi connectivity index (χ0n) is 11.0. The van der Waals surface area contributed by atoms with Crippen LogP contribution in [0.1, 0.15) is 17.4 Å². The first-order valence-corrected chi connectivity index (χ1v) is 6.74. The first kappa shape index (κ1) is 13.6. The number of hydrogen-bond donors (Lipinski definition) is 3. The summed E-state index contributed by atoms with van der Waals surface area (Å²) in [6.45, 7) is 0. The summed E-state index contributed by atoms with van der Waals surface area (Å²) in [5, 5.41) is 17.4. The van der Waals surface area contributed by atoms with Crippen molar-refractivity contribution in [2.75, 3.05) is 0 Å². The smallest absolute Gasteiger partial charge is 0.184 e. The number of nitrogens with zero attached hydrogens (tertiary/aromatic N) is 2. The monoisotopic (exact) mass is 300 g/mol. The quantitative estimate of drug-likeness (QED) is 0.694. The number of halogens is 1. The molecular formula is C15H13ClN4O. The van der Waals surface area contributed by atoms with Gasteiger partial charge in [0.05, 0.1) is 11.6 Å². The van der Waals surface area contributed by atoms with Crippen LogP contribution >= 0.6 is 11.6 Å². The number of aromatic hydroxyl groups is 1. The van der Waals surface area contributed by atoms with E-state index in [0.29, 0.717) is 22.2 Å². The van der Waals surface area contributed by atoms with Gasteiger partial charge in [-0.05, 0) is 29.8 Å². The molecule has 1 aromatic heterocycles. The Bertz CT molecular complexity index is 754. The molecule has 21 heavy (non-hydrogen) atoms. The molecule has 0 saturated carbocycles. The Kier molecular flexibility index (Phi) is 3.60. The van der Waals surface area contributed by atoms with E-state index in [0.717, 1.165) is 5.56 Å². The molecule has 0 aliphatic rings. The van der Waals surface area contributed by atoms with E-state index < -0.39 is 6.04 Å². The van der Waals surface area contributed by atoms with Crippen molar-refractivity contribution >= 4 is 11.6 Å². The number of H-pyrrole nitrogens is 1. The van der Waals surface area contributed by atoms with Gasteiger partial charge in [-0.1, -0.05) is 35.9 Å². The third-order valence-electron chi connectivity index (χ3n) is 3.17. The fourth-order valence-corrected chi connectivity index (χ4v) is 2.15. The second-order valence-electron chi connectivity index (χ2n) is 4.59. The van der Waals surface area contributed by atoms with Crippen molar-refractivity contribution < 1.29 is 5.11 Å². The van der Waals surface area contributed by atoms with Crippen molar-refractivity contribution in [1.82, 2.24) is 15.2 Å². The second-order valence-corrected chi connectivity index (χ2v) is 5.03. The average molecular weight is 301 g/mol. The van der Waals surface area contributed by atoms with Crippen LogP contribution in [-0.2, 0) is 0 Å². The van der Waals surface area contributed by atoms with Gasteiger partial charge in [0, 0.05) is 5.02 Å². The molecule has 1 atom stereocenters. The van der Waals surface area contributed by atoms with Crippen LogP contribution in [0.2, 0.25) is 5.02 Å². The lowest BCUT2D eigenvalue weighted by Crippen LogP contribution is -2.13. The number of rotatable bonds is 3. The summed E-state index contributed by atoms with van der Waals surface area (Å²) in [5.41, 5.74) is 7.59. The van der Waals surface area contributed by atoms with Gasteiger partial charge in [0.25, 0.3) is 0 Å². The summed E-state index contributed by atoms with van der Waals surface area (Å²) in [6.07, 6.45) is 0. The molecule has 5 nitrogen and oxygen atoms in total. The molecule has 0 fully saturated rings. The summed E-state index contributed by atoms with van der Waals surface area (Å²) in [6, 6.07) is 13.7. The zero-order valence-corrected chi connectivity index (χ0v) is 11.7. The van der Waals surface area contributed by atoms with Crippen molar-refractivity contribution in [3.05, 3.63) is 64.9 Å². The van der Waals surface area contributed by atoms with Crippen LogP contribution < -0.4 is 5.73 Å². The van der Waals surface area contributed by atoms with E-state index >= 15 is 0 Å². The molecule has 0 unspecified atom stereocenters. The minimum atomic E-state index is -0.436. The van der Waals surface area contributed by atoms with Crippen LogP contribution in [0.15, 0.2) is 48.5 Å². The Morgan fingerprint density at radius 2 is 1.81 bits per heavy atom. The van der Waals surface area contributed by atoms with E-state index in [9.17, 15) is 5.11 Å².